The Morgan fingerprint density at radius 2 is 0.479 bits per heavy atom. The molecular formula is C77H150O17P2. The molecule has 3 N–H and O–H groups in total. The molecule has 2 unspecified atom stereocenters. The fraction of sp³-hybridized carbons (Fsp3) is 0.948. The third kappa shape index (κ3) is 70.5. The summed E-state index contributed by atoms with van der Waals surface area (Å²) in [6, 6.07) is 0. The molecule has 96 heavy (non-hydrogen) atoms. The zero-order valence-electron chi connectivity index (χ0n) is 62.5. The maximum absolute atomic E-state index is 13.1. The average molecular weight is 1410 g/mol. The highest BCUT2D eigenvalue weighted by Crippen LogP contribution is 2.45. The van der Waals surface area contributed by atoms with Gasteiger partial charge >= 0.3 is 39.5 Å². The van der Waals surface area contributed by atoms with Gasteiger partial charge in [0, 0.05) is 25.7 Å². The normalized spacial score (nSPS) is 13.9. The van der Waals surface area contributed by atoms with Crippen LogP contribution in [-0.2, 0) is 65.4 Å². The van der Waals surface area contributed by atoms with Crippen molar-refractivity contribution in [2.75, 3.05) is 39.6 Å². The summed E-state index contributed by atoms with van der Waals surface area (Å²) in [5, 5.41) is 10.6. The summed E-state index contributed by atoms with van der Waals surface area (Å²) in [5.74, 6) is -1.39. The van der Waals surface area contributed by atoms with E-state index in [0.29, 0.717) is 25.7 Å². The minimum absolute atomic E-state index is 0.105. The van der Waals surface area contributed by atoms with Crippen molar-refractivity contribution in [3.05, 3.63) is 0 Å². The smallest absolute Gasteiger partial charge is 0.462 e. The maximum Gasteiger partial charge on any atom is 0.472 e. The van der Waals surface area contributed by atoms with Crippen LogP contribution in [0.5, 0.6) is 0 Å². The van der Waals surface area contributed by atoms with Gasteiger partial charge < -0.3 is 33.8 Å². The Morgan fingerprint density at radius 1 is 0.281 bits per heavy atom. The van der Waals surface area contributed by atoms with E-state index >= 15 is 0 Å². The lowest BCUT2D eigenvalue weighted by Gasteiger charge is -2.21. The molecule has 0 spiro atoms. The molecular weight excluding hydrogens is 1260 g/mol. The molecule has 0 aliphatic carbocycles. The number of phosphoric ester groups is 2. The SMILES string of the molecule is CCCCCCCCCCCCCCCCCCCC(=O)OC[C@H](COP(=O)(O)OC[C@@H](O)COP(=O)(O)OC[C@@H](COC(=O)CCCCCCCCCCCCC)OC(=O)CCCCCCCCCCC(C)C)OC(=O)CCCCCCCCCCCCCCCCCCC. The number of hydrogen-bond acceptors (Lipinski definition) is 15. The zero-order chi connectivity index (χ0) is 70.5. The third-order valence-electron chi connectivity index (χ3n) is 18.0. The van der Waals surface area contributed by atoms with Crippen molar-refractivity contribution in [3.63, 3.8) is 0 Å². The van der Waals surface area contributed by atoms with Gasteiger partial charge in [0.25, 0.3) is 0 Å². The molecule has 0 rings (SSSR count). The fourth-order valence-electron chi connectivity index (χ4n) is 11.9. The highest BCUT2D eigenvalue weighted by atomic mass is 31.2. The highest BCUT2D eigenvalue weighted by Gasteiger charge is 2.30. The van der Waals surface area contributed by atoms with E-state index in [2.05, 4.69) is 34.6 Å². The van der Waals surface area contributed by atoms with E-state index < -0.39 is 97.5 Å². The summed E-state index contributed by atoms with van der Waals surface area (Å²) in [6.45, 7) is 7.26. The molecule has 570 valence electrons. The molecule has 0 aliphatic heterocycles. The van der Waals surface area contributed by atoms with Gasteiger partial charge in [-0.3, -0.25) is 37.3 Å². The lowest BCUT2D eigenvalue weighted by atomic mass is 10.0. The second-order valence-electron chi connectivity index (χ2n) is 28.2. The number of rotatable bonds is 77. The van der Waals surface area contributed by atoms with Gasteiger partial charge in [-0.05, 0) is 31.6 Å². The summed E-state index contributed by atoms with van der Waals surface area (Å²) >= 11 is 0. The first-order chi connectivity index (χ1) is 46.5. The van der Waals surface area contributed by atoms with E-state index in [1.807, 2.05) is 0 Å². The molecule has 0 aromatic heterocycles. The van der Waals surface area contributed by atoms with Gasteiger partial charge in [-0.25, -0.2) is 9.13 Å². The van der Waals surface area contributed by atoms with Gasteiger partial charge in [0.15, 0.2) is 12.2 Å². The van der Waals surface area contributed by atoms with E-state index in [1.54, 1.807) is 0 Å². The first-order valence-electron chi connectivity index (χ1n) is 40.1. The summed E-state index contributed by atoms with van der Waals surface area (Å²) in [7, 11) is -9.91. The van der Waals surface area contributed by atoms with E-state index in [-0.39, 0.29) is 25.7 Å². The second-order valence-corrected chi connectivity index (χ2v) is 31.1. The molecule has 19 heteroatoms. The van der Waals surface area contributed by atoms with Crippen molar-refractivity contribution in [1.29, 1.82) is 0 Å². The highest BCUT2D eigenvalue weighted by molar-refractivity contribution is 7.47. The molecule has 0 bridgehead atoms. The molecule has 0 heterocycles. The number of aliphatic hydroxyl groups excluding tert-OH is 1. The molecule has 0 amide bonds. The number of carbonyl (C=O) groups is 4. The first-order valence-corrected chi connectivity index (χ1v) is 43.1. The Kier molecular flexibility index (Phi) is 68.7. The van der Waals surface area contributed by atoms with Crippen molar-refractivity contribution in [3.8, 4) is 0 Å². The third-order valence-corrected chi connectivity index (χ3v) is 19.9. The maximum atomic E-state index is 13.1. The molecule has 0 aromatic rings. The largest absolute Gasteiger partial charge is 0.472 e. The van der Waals surface area contributed by atoms with Gasteiger partial charge in [0.05, 0.1) is 26.4 Å². The number of aliphatic hydroxyl groups is 1. The zero-order valence-corrected chi connectivity index (χ0v) is 64.3. The van der Waals surface area contributed by atoms with E-state index in [1.165, 1.54) is 231 Å². The standard InChI is InChI=1S/C77H150O17P2/c1-6-9-12-15-18-21-24-26-28-30-32-34-37-40-46-51-56-61-75(80)88-66-72(93-76(81)62-57-52-47-41-38-35-33-31-29-27-25-22-19-16-13-10-7-2)68-91-95(83,84)89-64-71(78)65-90-96(85,86)92-69-73(94-77(82)63-58-53-48-43-42-44-49-54-59-70(4)5)67-87-74(79)60-55-50-45-39-36-23-20-17-14-11-8-3/h70-73,78H,6-69H2,1-5H3,(H,83,84)(H,85,86)/t71-,72-,73-/m1/s1. The van der Waals surface area contributed by atoms with Gasteiger partial charge in [-0.2, -0.15) is 0 Å². The number of ether oxygens (including phenoxy) is 4. The topological polar surface area (TPSA) is 237 Å². The predicted molar refractivity (Wildman–Crippen MR) is 391 cm³/mol. The van der Waals surface area contributed by atoms with Crippen molar-refractivity contribution >= 4 is 39.5 Å². The molecule has 0 fully saturated rings. The number of hydrogen-bond donors (Lipinski definition) is 3. The van der Waals surface area contributed by atoms with E-state index in [0.717, 1.165) is 95.8 Å². The van der Waals surface area contributed by atoms with E-state index in [9.17, 15) is 43.2 Å². The first kappa shape index (κ1) is 94.1. The molecule has 17 nitrogen and oxygen atoms in total. The molecule has 0 saturated heterocycles. The van der Waals surface area contributed by atoms with Crippen molar-refractivity contribution in [1.82, 2.24) is 0 Å². The summed E-state index contributed by atoms with van der Waals surface area (Å²) < 4.78 is 68.6. The Balaban J connectivity index is 5.23. The Bertz CT molecular complexity index is 1840. The predicted octanol–water partition coefficient (Wildman–Crippen LogP) is 22.9. The van der Waals surface area contributed by atoms with Crippen LogP contribution >= 0.6 is 15.6 Å². The number of unbranched alkanes of at least 4 members (excludes halogenated alkanes) is 49. The number of carbonyl (C=O) groups excluding carboxylic acids is 4. The molecule has 0 radical (unpaired) electrons. The van der Waals surface area contributed by atoms with Crippen LogP contribution < -0.4 is 0 Å². The van der Waals surface area contributed by atoms with Crippen LogP contribution in [0.2, 0.25) is 0 Å². The summed E-state index contributed by atoms with van der Waals surface area (Å²) in [4.78, 5) is 72.8. The molecule has 0 aliphatic rings. The second kappa shape index (κ2) is 70.1. The van der Waals surface area contributed by atoms with Gasteiger partial charge in [-0.15, -0.1) is 0 Å². The van der Waals surface area contributed by atoms with Crippen LogP contribution in [0.4, 0.5) is 0 Å². The van der Waals surface area contributed by atoms with Crippen molar-refractivity contribution in [2.45, 2.75) is 425 Å². The lowest BCUT2D eigenvalue weighted by Crippen LogP contribution is -2.30. The summed E-state index contributed by atoms with van der Waals surface area (Å²) in [6.07, 6.45) is 59.6. The number of esters is 4. The van der Waals surface area contributed by atoms with Crippen LogP contribution in [0.15, 0.2) is 0 Å². The van der Waals surface area contributed by atoms with Crippen molar-refractivity contribution < 1.29 is 80.2 Å². The summed E-state index contributed by atoms with van der Waals surface area (Å²) in [5.41, 5.74) is 0. The Hall–Kier alpha value is -1.94. The van der Waals surface area contributed by atoms with Crippen molar-refractivity contribution in [2.24, 2.45) is 5.92 Å². The van der Waals surface area contributed by atoms with Crippen LogP contribution in [0, 0.1) is 5.92 Å². The minimum Gasteiger partial charge on any atom is -0.462 e. The van der Waals surface area contributed by atoms with Crippen LogP contribution in [0.1, 0.15) is 407 Å². The number of phosphoric acid groups is 2. The van der Waals surface area contributed by atoms with Crippen LogP contribution in [0.25, 0.3) is 0 Å². The van der Waals surface area contributed by atoms with E-state index in [4.69, 9.17) is 37.0 Å². The molecule has 0 aromatic carbocycles. The Labute approximate surface area is 588 Å². The van der Waals surface area contributed by atoms with Gasteiger partial charge in [0.1, 0.15) is 19.3 Å². The fourth-order valence-corrected chi connectivity index (χ4v) is 13.5. The molecule has 5 atom stereocenters. The molecule has 0 saturated carbocycles. The lowest BCUT2D eigenvalue weighted by molar-refractivity contribution is -0.161. The quantitative estimate of drug-likeness (QED) is 0.0222. The average Bonchev–Trinajstić information content (AvgIpc) is 1.34. The monoisotopic (exact) mass is 1410 g/mol. The van der Waals surface area contributed by atoms with Crippen LogP contribution in [-0.4, -0.2) is 96.7 Å². The van der Waals surface area contributed by atoms with Gasteiger partial charge in [-0.1, -0.05) is 356 Å². The van der Waals surface area contributed by atoms with Crippen LogP contribution in [0.3, 0.4) is 0 Å². The van der Waals surface area contributed by atoms with Gasteiger partial charge in [0.2, 0.25) is 0 Å². The minimum atomic E-state index is -4.96. The Morgan fingerprint density at radius 3 is 0.708 bits per heavy atom.